The van der Waals surface area contributed by atoms with Gasteiger partial charge in [-0.2, -0.15) is 4.39 Å². The molecule has 0 amide bonds. The molecule has 0 bridgehead atoms. The van der Waals surface area contributed by atoms with Crippen LogP contribution in [0.1, 0.15) is 6.92 Å². The van der Waals surface area contributed by atoms with Gasteiger partial charge in [-0.05, 0) is 28.9 Å². The van der Waals surface area contributed by atoms with Crippen LogP contribution in [0.3, 0.4) is 0 Å². The molecule has 0 fully saturated rings. The Balaban J connectivity index is 3.28. The fraction of sp³-hybridized carbons (Fsp3) is 0.250. The van der Waals surface area contributed by atoms with Crippen LogP contribution in [-0.2, 0) is 0 Å². The first kappa shape index (κ1) is 10.2. The van der Waals surface area contributed by atoms with Crippen LogP contribution in [0.4, 0.5) is 14.5 Å². The fourth-order valence-electron chi connectivity index (χ4n) is 0.873. The van der Waals surface area contributed by atoms with Crippen LogP contribution in [0.2, 0.25) is 0 Å². The standard InChI is InChI=1S/C8H8BrF2NO/c1-2-13-8-6(11)5(10)3-4(9)7(8)12/h3H,2,12H2,1H3. The van der Waals surface area contributed by atoms with Crippen molar-refractivity contribution in [3.8, 4) is 5.75 Å². The second-order valence-electron chi connectivity index (χ2n) is 2.33. The zero-order valence-corrected chi connectivity index (χ0v) is 8.49. The Kier molecular flexibility index (Phi) is 3.08. The minimum absolute atomic E-state index is 0.0701. The van der Waals surface area contributed by atoms with E-state index >= 15 is 0 Å². The van der Waals surface area contributed by atoms with Crippen LogP contribution in [0.5, 0.6) is 5.75 Å². The Bertz CT molecular complexity index is 304. The molecule has 0 unspecified atom stereocenters. The monoisotopic (exact) mass is 251 g/mol. The first-order valence-corrected chi connectivity index (χ1v) is 4.43. The van der Waals surface area contributed by atoms with Gasteiger partial charge in [0.1, 0.15) is 0 Å². The fourth-order valence-corrected chi connectivity index (χ4v) is 1.25. The lowest BCUT2D eigenvalue weighted by Crippen LogP contribution is -2.02. The molecule has 2 N–H and O–H groups in total. The van der Waals surface area contributed by atoms with E-state index in [0.717, 1.165) is 6.07 Å². The highest BCUT2D eigenvalue weighted by atomic mass is 79.9. The molecule has 0 heterocycles. The Hall–Kier alpha value is -0.840. The van der Waals surface area contributed by atoms with Crippen molar-refractivity contribution in [3.63, 3.8) is 0 Å². The zero-order valence-electron chi connectivity index (χ0n) is 6.90. The van der Waals surface area contributed by atoms with Crippen molar-refractivity contribution in [2.75, 3.05) is 12.3 Å². The number of halogens is 3. The van der Waals surface area contributed by atoms with Gasteiger partial charge in [-0.25, -0.2) is 4.39 Å². The predicted molar refractivity (Wildman–Crippen MR) is 49.6 cm³/mol. The van der Waals surface area contributed by atoms with Crippen LogP contribution >= 0.6 is 15.9 Å². The van der Waals surface area contributed by atoms with E-state index in [0.29, 0.717) is 0 Å². The van der Waals surface area contributed by atoms with Crippen LogP contribution in [0, 0.1) is 11.6 Å². The smallest absolute Gasteiger partial charge is 0.202 e. The quantitative estimate of drug-likeness (QED) is 0.648. The van der Waals surface area contributed by atoms with E-state index in [1.807, 2.05) is 0 Å². The predicted octanol–water partition coefficient (Wildman–Crippen LogP) is 2.71. The first-order valence-electron chi connectivity index (χ1n) is 3.63. The number of hydrogen-bond donors (Lipinski definition) is 1. The van der Waals surface area contributed by atoms with Gasteiger partial charge in [0.2, 0.25) is 5.82 Å². The summed E-state index contributed by atoms with van der Waals surface area (Å²) in [6.45, 7) is 1.90. The molecule has 0 atom stereocenters. The maximum absolute atomic E-state index is 13.0. The van der Waals surface area contributed by atoms with Gasteiger partial charge < -0.3 is 10.5 Å². The molecule has 13 heavy (non-hydrogen) atoms. The molecular formula is C8H8BrF2NO. The normalized spacial score (nSPS) is 10.2. The van der Waals surface area contributed by atoms with Gasteiger partial charge >= 0.3 is 0 Å². The van der Waals surface area contributed by atoms with E-state index in [1.165, 1.54) is 0 Å². The van der Waals surface area contributed by atoms with Gasteiger partial charge in [-0.3, -0.25) is 0 Å². The zero-order chi connectivity index (χ0) is 10.0. The van der Waals surface area contributed by atoms with Gasteiger partial charge in [-0.15, -0.1) is 0 Å². The van der Waals surface area contributed by atoms with Crippen molar-refractivity contribution in [3.05, 3.63) is 22.2 Å². The Labute approximate surface area is 82.8 Å². The Morgan fingerprint density at radius 3 is 2.69 bits per heavy atom. The van der Waals surface area contributed by atoms with Crippen LogP contribution in [0.15, 0.2) is 10.5 Å². The highest BCUT2D eigenvalue weighted by Gasteiger charge is 2.16. The van der Waals surface area contributed by atoms with E-state index in [1.54, 1.807) is 6.92 Å². The summed E-state index contributed by atoms with van der Waals surface area (Å²) in [5.74, 6) is -2.28. The molecule has 72 valence electrons. The summed E-state index contributed by atoms with van der Waals surface area (Å²) in [7, 11) is 0. The molecule has 0 saturated heterocycles. The minimum Gasteiger partial charge on any atom is -0.489 e. The van der Waals surface area contributed by atoms with Gasteiger partial charge in [-0.1, -0.05) is 0 Å². The van der Waals surface area contributed by atoms with Crippen LogP contribution < -0.4 is 10.5 Å². The summed E-state index contributed by atoms with van der Waals surface area (Å²) in [4.78, 5) is 0. The molecule has 0 aliphatic heterocycles. The van der Waals surface area contributed by atoms with Gasteiger partial charge in [0.15, 0.2) is 11.6 Å². The van der Waals surface area contributed by atoms with Crippen LogP contribution in [0.25, 0.3) is 0 Å². The third kappa shape index (κ3) is 1.91. The van der Waals surface area contributed by atoms with Crippen molar-refractivity contribution >= 4 is 21.6 Å². The van der Waals surface area contributed by atoms with Crippen molar-refractivity contribution in [1.82, 2.24) is 0 Å². The Morgan fingerprint density at radius 2 is 2.15 bits per heavy atom. The van der Waals surface area contributed by atoms with E-state index in [9.17, 15) is 8.78 Å². The lowest BCUT2D eigenvalue weighted by Gasteiger charge is -2.09. The number of hydrogen-bond acceptors (Lipinski definition) is 2. The molecule has 1 aromatic rings. The molecule has 0 saturated carbocycles. The SMILES string of the molecule is CCOc1c(N)c(Br)cc(F)c1F. The topological polar surface area (TPSA) is 35.2 Å². The van der Waals surface area contributed by atoms with Crippen LogP contribution in [-0.4, -0.2) is 6.61 Å². The van der Waals surface area contributed by atoms with Crippen molar-refractivity contribution in [2.24, 2.45) is 0 Å². The molecule has 0 aliphatic rings. The number of nitrogen functional groups attached to an aromatic ring is 1. The molecule has 1 aromatic carbocycles. The molecule has 5 heteroatoms. The maximum Gasteiger partial charge on any atom is 0.202 e. The highest BCUT2D eigenvalue weighted by Crippen LogP contribution is 2.34. The number of nitrogens with two attached hydrogens (primary N) is 1. The average molecular weight is 252 g/mol. The Morgan fingerprint density at radius 1 is 1.54 bits per heavy atom. The maximum atomic E-state index is 13.0. The van der Waals surface area contributed by atoms with Gasteiger partial charge in [0.25, 0.3) is 0 Å². The summed E-state index contributed by atoms with van der Waals surface area (Å²) in [5.41, 5.74) is 5.53. The number of rotatable bonds is 2. The minimum atomic E-state index is -1.05. The number of ether oxygens (including phenoxy) is 1. The van der Waals surface area contributed by atoms with Crippen molar-refractivity contribution < 1.29 is 13.5 Å². The lowest BCUT2D eigenvalue weighted by atomic mass is 10.3. The van der Waals surface area contributed by atoms with E-state index < -0.39 is 11.6 Å². The summed E-state index contributed by atoms with van der Waals surface area (Å²) in [6, 6.07) is 0.965. The number of benzene rings is 1. The van der Waals surface area contributed by atoms with Crippen molar-refractivity contribution in [1.29, 1.82) is 0 Å². The third-order valence-corrected chi connectivity index (χ3v) is 2.11. The van der Waals surface area contributed by atoms with E-state index in [4.69, 9.17) is 10.5 Å². The lowest BCUT2D eigenvalue weighted by molar-refractivity contribution is 0.316. The van der Waals surface area contributed by atoms with E-state index in [-0.39, 0.29) is 22.5 Å². The average Bonchev–Trinajstić information content (AvgIpc) is 2.09. The molecular weight excluding hydrogens is 244 g/mol. The second-order valence-corrected chi connectivity index (χ2v) is 3.18. The highest BCUT2D eigenvalue weighted by molar-refractivity contribution is 9.10. The summed E-state index contributed by atoms with van der Waals surface area (Å²) in [6.07, 6.45) is 0. The third-order valence-electron chi connectivity index (χ3n) is 1.45. The van der Waals surface area contributed by atoms with Gasteiger partial charge in [0.05, 0.1) is 12.3 Å². The molecule has 0 aromatic heterocycles. The first-order chi connectivity index (χ1) is 6.07. The summed E-state index contributed by atoms with van der Waals surface area (Å²) >= 11 is 2.99. The van der Waals surface area contributed by atoms with E-state index in [2.05, 4.69) is 15.9 Å². The molecule has 0 aliphatic carbocycles. The number of anilines is 1. The molecule has 2 nitrogen and oxygen atoms in total. The molecule has 0 spiro atoms. The molecule has 1 rings (SSSR count). The summed E-state index contributed by atoms with van der Waals surface area (Å²) < 4.78 is 31.0. The summed E-state index contributed by atoms with van der Waals surface area (Å²) in [5, 5.41) is 0. The molecule has 0 radical (unpaired) electrons. The van der Waals surface area contributed by atoms with Crippen molar-refractivity contribution in [2.45, 2.75) is 6.92 Å². The van der Waals surface area contributed by atoms with Gasteiger partial charge in [0, 0.05) is 4.47 Å². The second kappa shape index (κ2) is 3.91. The largest absolute Gasteiger partial charge is 0.489 e.